The molecule has 0 spiro atoms. The number of rotatable bonds is 7. The minimum Gasteiger partial charge on any atom is -0.490 e. The Morgan fingerprint density at radius 3 is 2.53 bits per heavy atom. The highest BCUT2D eigenvalue weighted by Crippen LogP contribution is 2.38. The van der Waals surface area contributed by atoms with Crippen molar-refractivity contribution < 1.29 is 23.9 Å². The molecule has 0 aliphatic carbocycles. The number of carbonyl (C=O) groups is 3. The zero-order valence-electron chi connectivity index (χ0n) is 19.5. The number of carbonyl (C=O) groups excluding carboxylic acids is 3. The highest BCUT2D eigenvalue weighted by molar-refractivity contribution is 9.10. The van der Waals surface area contributed by atoms with E-state index in [4.69, 9.17) is 21.1 Å². The predicted molar refractivity (Wildman–Crippen MR) is 141 cm³/mol. The maximum absolute atomic E-state index is 13.3. The number of urea groups is 1. The fraction of sp³-hybridized carbons (Fsp3) is 0.148. The number of anilines is 1. The van der Waals surface area contributed by atoms with Gasteiger partial charge in [-0.05, 0) is 82.9 Å². The van der Waals surface area contributed by atoms with E-state index in [0.717, 1.165) is 16.0 Å². The third-order valence-electron chi connectivity index (χ3n) is 5.37. The Morgan fingerprint density at radius 2 is 1.81 bits per heavy atom. The van der Waals surface area contributed by atoms with Crippen LogP contribution in [0.3, 0.4) is 0 Å². The van der Waals surface area contributed by atoms with Crippen molar-refractivity contribution in [1.29, 1.82) is 0 Å². The summed E-state index contributed by atoms with van der Waals surface area (Å²) in [6.45, 7) is 4.25. The fourth-order valence-electron chi connectivity index (χ4n) is 3.71. The van der Waals surface area contributed by atoms with Gasteiger partial charge in [-0.2, -0.15) is 0 Å². The highest BCUT2D eigenvalue weighted by Gasteiger charge is 2.37. The van der Waals surface area contributed by atoms with Crippen molar-refractivity contribution in [2.24, 2.45) is 0 Å². The van der Waals surface area contributed by atoms with Crippen molar-refractivity contribution >= 4 is 57.1 Å². The molecule has 1 heterocycles. The summed E-state index contributed by atoms with van der Waals surface area (Å²) in [5.74, 6) is -0.593. The van der Waals surface area contributed by atoms with Crippen LogP contribution in [0, 0.1) is 6.92 Å². The van der Waals surface area contributed by atoms with Crippen molar-refractivity contribution in [2.75, 3.05) is 11.5 Å². The second-order valence-electron chi connectivity index (χ2n) is 7.93. The van der Waals surface area contributed by atoms with E-state index >= 15 is 0 Å². The zero-order valence-corrected chi connectivity index (χ0v) is 21.9. The van der Waals surface area contributed by atoms with Crippen LogP contribution in [0.25, 0.3) is 6.08 Å². The summed E-state index contributed by atoms with van der Waals surface area (Å²) in [6, 6.07) is 16.9. The maximum atomic E-state index is 13.3. The van der Waals surface area contributed by atoms with Crippen molar-refractivity contribution in [2.45, 2.75) is 20.5 Å². The van der Waals surface area contributed by atoms with Gasteiger partial charge >= 0.3 is 6.03 Å². The molecule has 1 aliphatic rings. The van der Waals surface area contributed by atoms with Crippen molar-refractivity contribution in [3.8, 4) is 11.5 Å². The molecule has 0 unspecified atom stereocenters. The molecule has 0 atom stereocenters. The largest absolute Gasteiger partial charge is 0.490 e. The number of nitrogens with zero attached hydrogens (tertiary/aromatic N) is 1. The average Bonchev–Trinajstić information content (AvgIpc) is 2.82. The first kappa shape index (κ1) is 25.5. The summed E-state index contributed by atoms with van der Waals surface area (Å²) in [7, 11) is 0. The van der Waals surface area contributed by atoms with Crippen LogP contribution >= 0.6 is 27.5 Å². The van der Waals surface area contributed by atoms with Crippen LogP contribution in [0.5, 0.6) is 11.5 Å². The Balaban J connectivity index is 1.67. The molecule has 4 amide bonds. The van der Waals surface area contributed by atoms with Crippen LogP contribution in [0.15, 0.2) is 70.7 Å². The van der Waals surface area contributed by atoms with Gasteiger partial charge in [-0.15, -0.1) is 0 Å². The number of nitrogens with one attached hydrogen (secondary N) is 1. The Hall–Kier alpha value is -3.62. The number of ether oxygens (including phenoxy) is 2. The molecular formula is C27H22BrClN2O5. The molecule has 0 radical (unpaired) electrons. The predicted octanol–water partition coefficient (Wildman–Crippen LogP) is 6.06. The van der Waals surface area contributed by atoms with Gasteiger partial charge in [0.05, 0.1) is 16.8 Å². The number of hydrogen-bond donors (Lipinski definition) is 1. The molecule has 1 fully saturated rings. The fourth-order valence-corrected chi connectivity index (χ4v) is 4.50. The van der Waals surface area contributed by atoms with Gasteiger partial charge in [-0.25, -0.2) is 9.69 Å². The van der Waals surface area contributed by atoms with Crippen LogP contribution in [-0.4, -0.2) is 24.5 Å². The van der Waals surface area contributed by atoms with E-state index in [0.29, 0.717) is 38.9 Å². The molecule has 0 saturated carbocycles. The molecule has 7 nitrogen and oxygen atoms in total. The molecular weight excluding hydrogens is 548 g/mol. The van der Waals surface area contributed by atoms with Crippen LogP contribution in [0.4, 0.5) is 10.5 Å². The third kappa shape index (κ3) is 5.45. The first-order valence-corrected chi connectivity index (χ1v) is 12.3. The second-order valence-corrected chi connectivity index (χ2v) is 9.22. The molecule has 36 heavy (non-hydrogen) atoms. The molecule has 9 heteroatoms. The first-order valence-electron chi connectivity index (χ1n) is 11.1. The normalized spacial score (nSPS) is 14.7. The molecule has 3 aromatic carbocycles. The van der Waals surface area contributed by atoms with E-state index in [1.165, 1.54) is 6.08 Å². The van der Waals surface area contributed by atoms with E-state index in [2.05, 4.69) is 21.2 Å². The third-order valence-corrected chi connectivity index (χ3v) is 6.20. The number of aryl methyl sites for hydroxylation is 1. The smallest absolute Gasteiger partial charge is 0.335 e. The summed E-state index contributed by atoms with van der Waals surface area (Å²) < 4.78 is 12.3. The summed E-state index contributed by atoms with van der Waals surface area (Å²) in [4.78, 5) is 39.3. The lowest BCUT2D eigenvalue weighted by atomic mass is 10.1. The number of para-hydroxylation sites is 1. The van der Waals surface area contributed by atoms with Gasteiger partial charge in [0.15, 0.2) is 11.5 Å². The van der Waals surface area contributed by atoms with Crippen molar-refractivity contribution in [3.63, 3.8) is 0 Å². The lowest BCUT2D eigenvalue weighted by Gasteiger charge is -2.27. The van der Waals surface area contributed by atoms with Gasteiger partial charge in [0, 0.05) is 5.02 Å². The molecule has 184 valence electrons. The van der Waals surface area contributed by atoms with E-state index < -0.39 is 17.8 Å². The Labute approximate surface area is 221 Å². The number of imide groups is 2. The van der Waals surface area contributed by atoms with Crippen LogP contribution in [0.1, 0.15) is 23.6 Å². The molecule has 1 N–H and O–H groups in total. The quantitative estimate of drug-likeness (QED) is 0.276. The van der Waals surface area contributed by atoms with E-state index in [1.54, 1.807) is 49.4 Å². The number of amides is 4. The standard InChI is InChI=1S/C27H22BrClN2O5/c1-3-35-23-14-18(13-21(28)24(23)36-15-17-8-6-9-19(29)11-17)12-20-25(32)30-27(34)31(26(20)33)22-10-5-4-7-16(22)2/h4-14H,3,15H2,1-2H3,(H,30,32,34)/b20-12+. The lowest BCUT2D eigenvalue weighted by Crippen LogP contribution is -2.54. The average molecular weight is 570 g/mol. The number of hydrogen-bond acceptors (Lipinski definition) is 5. The number of barbiturate groups is 1. The Bertz CT molecular complexity index is 1390. The molecule has 0 aromatic heterocycles. The van der Waals surface area contributed by atoms with Crippen LogP contribution < -0.4 is 19.7 Å². The minimum absolute atomic E-state index is 0.181. The minimum atomic E-state index is -0.794. The topological polar surface area (TPSA) is 84.9 Å². The summed E-state index contributed by atoms with van der Waals surface area (Å²) in [5, 5.41) is 2.85. The van der Waals surface area contributed by atoms with Crippen LogP contribution in [0.2, 0.25) is 5.02 Å². The summed E-state index contributed by atoms with van der Waals surface area (Å²) >= 11 is 9.57. The maximum Gasteiger partial charge on any atom is 0.335 e. The highest BCUT2D eigenvalue weighted by atomic mass is 79.9. The molecule has 3 aromatic rings. The molecule has 1 saturated heterocycles. The molecule has 0 bridgehead atoms. The van der Waals surface area contributed by atoms with Gasteiger partial charge in [-0.1, -0.05) is 41.9 Å². The zero-order chi connectivity index (χ0) is 25.8. The van der Waals surface area contributed by atoms with E-state index in [1.807, 2.05) is 25.1 Å². The number of benzene rings is 3. The Kier molecular flexibility index (Phi) is 7.76. The monoisotopic (exact) mass is 568 g/mol. The molecule has 4 rings (SSSR count). The van der Waals surface area contributed by atoms with Crippen molar-refractivity contribution in [3.05, 3.63) is 92.4 Å². The van der Waals surface area contributed by atoms with Gasteiger partial charge in [0.2, 0.25) is 0 Å². The lowest BCUT2D eigenvalue weighted by molar-refractivity contribution is -0.122. The van der Waals surface area contributed by atoms with E-state index in [-0.39, 0.29) is 12.2 Å². The molecule has 1 aliphatic heterocycles. The second kappa shape index (κ2) is 11.0. The van der Waals surface area contributed by atoms with E-state index in [9.17, 15) is 14.4 Å². The van der Waals surface area contributed by atoms with Crippen LogP contribution in [-0.2, 0) is 16.2 Å². The number of halogens is 2. The Morgan fingerprint density at radius 1 is 1.03 bits per heavy atom. The summed E-state index contributed by atoms with van der Waals surface area (Å²) in [5.41, 5.74) is 2.34. The van der Waals surface area contributed by atoms with Gasteiger partial charge in [0.25, 0.3) is 11.8 Å². The first-order chi connectivity index (χ1) is 17.3. The van der Waals surface area contributed by atoms with Gasteiger partial charge in [-0.3, -0.25) is 14.9 Å². The summed E-state index contributed by atoms with van der Waals surface area (Å²) in [6.07, 6.45) is 1.42. The van der Waals surface area contributed by atoms with Crippen molar-refractivity contribution in [1.82, 2.24) is 5.32 Å². The van der Waals surface area contributed by atoms with Gasteiger partial charge < -0.3 is 9.47 Å². The van der Waals surface area contributed by atoms with Gasteiger partial charge in [0.1, 0.15) is 12.2 Å². The SMILES string of the molecule is CCOc1cc(/C=C2\C(=O)NC(=O)N(c3ccccc3C)C2=O)cc(Br)c1OCc1cccc(Cl)c1.